The first kappa shape index (κ1) is 21.3. The van der Waals surface area contributed by atoms with Gasteiger partial charge in [0.15, 0.2) is 6.61 Å². The Morgan fingerprint density at radius 1 is 1.17 bits per heavy atom. The first-order valence-corrected chi connectivity index (χ1v) is 10.5. The maximum atomic E-state index is 12.6. The minimum atomic E-state index is -0.290. The van der Waals surface area contributed by atoms with Gasteiger partial charge in [-0.3, -0.25) is 14.5 Å². The van der Waals surface area contributed by atoms with Gasteiger partial charge in [0, 0.05) is 28.8 Å². The van der Waals surface area contributed by atoms with E-state index in [4.69, 9.17) is 4.74 Å². The molecule has 0 heterocycles. The number of carbonyl (C=O) groups excluding carboxylic acids is 2. The average Bonchev–Trinajstić information content (AvgIpc) is 3.57. The van der Waals surface area contributed by atoms with Crippen LogP contribution in [0.15, 0.2) is 53.0 Å². The fourth-order valence-electron chi connectivity index (χ4n) is 2.97. The van der Waals surface area contributed by atoms with E-state index in [0.717, 1.165) is 4.47 Å². The van der Waals surface area contributed by atoms with Gasteiger partial charge in [-0.05, 0) is 63.2 Å². The molecule has 1 fully saturated rings. The molecule has 1 saturated carbocycles. The number of para-hydroxylation sites is 1. The van der Waals surface area contributed by atoms with Crippen molar-refractivity contribution in [3.63, 3.8) is 0 Å². The molecule has 2 aromatic rings. The molecule has 0 aromatic heterocycles. The summed E-state index contributed by atoms with van der Waals surface area (Å²) in [6, 6.07) is 15.1. The molecule has 7 heteroatoms. The van der Waals surface area contributed by atoms with E-state index < -0.39 is 0 Å². The molecule has 0 aliphatic heterocycles. The second-order valence-corrected chi connectivity index (χ2v) is 8.21. The molecule has 1 unspecified atom stereocenters. The highest BCUT2D eigenvalue weighted by Gasteiger charge is 2.29. The van der Waals surface area contributed by atoms with Crippen LogP contribution in [0.4, 0.5) is 5.69 Å². The normalized spacial score (nSPS) is 14.3. The number of likely N-dealkylation sites (N-methyl/N-ethyl adjacent to an activating group) is 1. The smallest absolute Gasteiger partial charge is 0.262 e. The number of hydrogen-bond acceptors (Lipinski definition) is 4. The largest absolute Gasteiger partial charge is 0.483 e. The number of rotatable bonds is 9. The number of hydrogen-bond donors (Lipinski definition) is 2. The van der Waals surface area contributed by atoms with E-state index in [2.05, 4.69) is 45.4 Å². The van der Waals surface area contributed by atoms with Crippen LogP contribution in [0.3, 0.4) is 0 Å². The lowest BCUT2D eigenvalue weighted by Gasteiger charge is -2.24. The number of benzene rings is 2. The molecular formula is C22H26BrN3O3. The highest BCUT2D eigenvalue weighted by Crippen LogP contribution is 2.26. The molecule has 0 bridgehead atoms. The Labute approximate surface area is 179 Å². The predicted molar refractivity (Wildman–Crippen MR) is 117 cm³/mol. The van der Waals surface area contributed by atoms with Gasteiger partial charge >= 0.3 is 0 Å². The minimum absolute atomic E-state index is 0.179. The predicted octanol–water partition coefficient (Wildman–Crippen LogP) is 3.68. The van der Waals surface area contributed by atoms with E-state index >= 15 is 0 Å². The molecule has 154 valence electrons. The van der Waals surface area contributed by atoms with Crippen LogP contribution >= 0.6 is 15.9 Å². The zero-order valence-corrected chi connectivity index (χ0v) is 18.2. The molecular weight excluding hydrogens is 434 g/mol. The maximum absolute atomic E-state index is 12.6. The summed E-state index contributed by atoms with van der Waals surface area (Å²) in [5.41, 5.74) is 1.10. The molecule has 2 amide bonds. The number of amides is 2. The van der Waals surface area contributed by atoms with Gasteiger partial charge in [0.1, 0.15) is 5.75 Å². The van der Waals surface area contributed by atoms with Gasteiger partial charge in [-0.15, -0.1) is 0 Å². The lowest BCUT2D eigenvalue weighted by Crippen LogP contribution is -2.41. The minimum Gasteiger partial charge on any atom is -0.483 e. The van der Waals surface area contributed by atoms with Crippen molar-refractivity contribution in [3.8, 4) is 5.75 Å². The van der Waals surface area contributed by atoms with E-state index in [1.165, 1.54) is 12.8 Å². The van der Waals surface area contributed by atoms with E-state index in [1.54, 1.807) is 36.4 Å². The summed E-state index contributed by atoms with van der Waals surface area (Å²) in [6.45, 7) is 2.48. The number of anilines is 1. The fourth-order valence-corrected chi connectivity index (χ4v) is 3.24. The second kappa shape index (κ2) is 9.89. The molecule has 1 aliphatic carbocycles. The van der Waals surface area contributed by atoms with E-state index in [-0.39, 0.29) is 24.5 Å². The number of carbonyl (C=O) groups is 2. The van der Waals surface area contributed by atoms with Crippen LogP contribution < -0.4 is 15.4 Å². The maximum Gasteiger partial charge on any atom is 0.262 e. The summed E-state index contributed by atoms with van der Waals surface area (Å²) in [5.74, 6) is -0.105. The van der Waals surface area contributed by atoms with Crippen molar-refractivity contribution in [2.75, 3.05) is 25.5 Å². The van der Waals surface area contributed by atoms with Crippen LogP contribution in [0.2, 0.25) is 0 Å². The Hall–Kier alpha value is -2.38. The van der Waals surface area contributed by atoms with E-state index in [9.17, 15) is 9.59 Å². The van der Waals surface area contributed by atoms with Gasteiger partial charge in [-0.2, -0.15) is 0 Å². The Bertz CT molecular complexity index is 853. The van der Waals surface area contributed by atoms with Crippen molar-refractivity contribution in [1.82, 2.24) is 10.2 Å². The van der Waals surface area contributed by atoms with Crippen LogP contribution in [0.1, 0.15) is 30.1 Å². The molecule has 0 spiro atoms. The van der Waals surface area contributed by atoms with Crippen LogP contribution in [0, 0.1) is 0 Å². The van der Waals surface area contributed by atoms with Crippen LogP contribution in [-0.4, -0.2) is 49.0 Å². The number of nitrogens with zero attached hydrogens (tertiary/aromatic N) is 1. The summed E-state index contributed by atoms with van der Waals surface area (Å²) >= 11 is 3.36. The van der Waals surface area contributed by atoms with Gasteiger partial charge < -0.3 is 15.4 Å². The summed E-state index contributed by atoms with van der Waals surface area (Å²) < 4.78 is 6.56. The third kappa shape index (κ3) is 6.30. The fraction of sp³-hybridized carbons (Fsp3) is 0.364. The lowest BCUT2D eigenvalue weighted by atomic mass is 10.2. The summed E-state index contributed by atoms with van der Waals surface area (Å²) in [4.78, 5) is 27.1. The number of halogens is 1. The van der Waals surface area contributed by atoms with Gasteiger partial charge in [0.2, 0.25) is 0 Å². The highest BCUT2D eigenvalue weighted by atomic mass is 79.9. The molecule has 2 aromatic carbocycles. The van der Waals surface area contributed by atoms with Crippen LogP contribution in [0.25, 0.3) is 0 Å². The van der Waals surface area contributed by atoms with Gasteiger partial charge in [-0.25, -0.2) is 0 Å². The third-order valence-corrected chi connectivity index (χ3v) is 5.52. The van der Waals surface area contributed by atoms with Crippen molar-refractivity contribution in [2.45, 2.75) is 31.8 Å². The Morgan fingerprint density at radius 2 is 1.86 bits per heavy atom. The molecule has 1 atom stereocenters. The monoisotopic (exact) mass is 459 g/mol. The standard InChI is InChI=1S/C22H26BrN3O3/c1-15(26(2)18-11-12-18)13-24-22(28)19-5-3-4-6-20(19)29-14-21(27)25-17-9-7-16(23)8-10-17/h3-10,15,18H,11-14H2,1-2H3,(H,24,28)(H,25,27). The van der Waals surface area contributed by atoms with Gasteiger partial charge in [-0.1, -0.05) is 28.1 Å². The van der Waals surface area contributed by atoms with E-state index in [1.807, 2.05) is 12.1 Å². The Balaban J connectivity index is 1.53. The van der Waals surface area contributed by atoms with Crippen LogP contribution in [-0.2, 0) is 4.79 Å². The SMILES string of the molecule is CC(CNC(=O)c1ccccc1OCC(=O)Nc1ccc(Br)cc1)N(C)C1CC1. The van der Waals surface area contributed by atoms with Gasteiger partial charge in [0.25, 0.3) is 11.8 Å². The molecule has 2 N–H and O–H groups in total. The Morgan fingerprint density at radius 3 is 2.55 bits per heavy atom. The Kier molecular flexibility index (Phi) is 7.28. The van der Waals surface area contributed by atoms with Crippen LogP contribution in [0.5, 0.6) is 5.75 Å². The molecule has 3 rings (SSSR count). The van der Waals surface area contributed by atoms with Crippen molar-refractivity contribution in [3.05, 3.63) is 58.6 Å². The number of ether oxygens (including phenoxy) is 1. The van der Waals surface area contributed by atoms with Crippen molar-refractivity contribution in [2.24, 2.45) is 0 Å². The van der Waals surface area contributed by atoms with Gasteiger partial charge in [0.05, 0.1) is 5.56 Å². The highest BCUT2D eigenvalue weighted by molar-refractivity contribution is 9.10. The quantitative estimate of drug-likeness (QED) is 0.599. The molecule has 0 saturated heterocycles. The zero-order chi connectivity index (χ0) is 20.8. The first-order valence-electron chi connectivity index (χ1n) is 9.71. The van der Waals surface area contributed by atoms with Crippen molar-refractivity contribution in [1.29, 1.82) is 0 Å². The summed E-state index contributed by atoms with van der Waals surface area (Å²) in [5, 5.41) is 5.74. The molecule has 6 nitrogen and oxygen atoms in total. The van der Waals surface area contributed by atoms with E-state index in [0.29, 0.717) is 29.6 Å². The average molecular weight is 460 g/mol. The van der Waals surface area contributed by atoms with Crippen molar-refractivity contribution < 1.29 is 14.3 Å². The molecule has 1 aliphatic rings. The summed E-state index contributed by atoms with van der Waals surface area (Å²) in [7, 11) is 2.09. The topological polar surface area (TPSA) is 70.7 Å². The molecule has 0 radical (unpaired) electrons. The second-order valence-electron chi connectivity index (χ2n) is 7.30. The zero-order valence-electron chi connectivity index (χ0n) is 16.7. The number of nitrogens with one attached hydrogen (secondary N) is 2. The lowest BCUT2D eigenvalue weighted by molar-refractivity contribution is -0.118. The van der Waals surface area contributed by atoms with Crippen molar-refractivity contribution >= 4 is 33.4 Å². The summed E-state index contributed by atoms with van der Waals surface area (Å²) in [6.07, 6.45) is 2.46. The molecule has 29 heavy (non-hydrogen) atoms. The third-order valence-electron chi connectivity index (χ3n) is 4.99. The first-order chi connectivity index (χ1) is 13.9.